The third-order valence-corrected chi connectivity index (χ3v) is 9.62. The van der Waals surface area contributed by atoms with Crippen LogP contribution in [0.25, 0.3) is 0 Å². The first-order valence-corrected chi connectivity index (χ1v) is 17.4. The molecule has 2 atom stereocenters. The predicted octanol–water partition coefficient (Wildman–Crippen LogP) is 4.17. The van der Waals surface area contributed by atoms with Gasteiger partial charge in [-0.15, -0.1) is 4.40 Å². The van der Waals surface area contributed by atoms with Gasteiger partial charge in [0.2, 0.25) is 10.0 Å². The normalized spacial score (nSPS) is 21.1. The van der Waals surface area contributed by atoms with Crippen LogP contribution in [0.1, 0.15) is 60.9 Å². The van der Waals surface area contributed by atoms with Crippen LogP contribution in [-0.4, -0.2) is 45.5 Å². The quantitative estimate of drug-likeness (QED) is 0.308. The highest BCUT2D eigenvalue weighted by Crippen LogP contribution is 2.43. The lowest BCUT2D eigenvalue weighted by Gasteiger charge is -2.42. The number of hydrogen-bond acceptors (Lipinski definition) is 9. The third kappa shape index (κ3) is 6.30. The van der Waals surface area contributed by atoms with E-state index in [1.54, 1.807) is 24.3 Å². The summed E-state index contributed by atoms with van der Waals surface area (Å²) in [6.45, 7) is 8.29. The number of pyridine rings is 1. The number of aromatic nitrogens is 1. The van der Waals surface area contributed by atoms with Crippen LogP contribution >= 0.6 is 0 Å². The van der Waals surface area contributed by atoms with Crippen LogP contribution in [0.2, 0.25) is 0 Å². The summed E-state index contributed by atoms with van der Waals surface area (Å²) in [5, 5.41) is 6.36. The molecule has 0 radical (unpaired) electrons. The SMILES string of the molecule is Cc1cccc(CNC2(CCC(C)(C)C)C(=O)C(C3=NS(=O)(=O)c4cc(NS(C)(=O)=O)ccc4N3)C(=O)c3ccccc32)n1. The van der Waals surface area contributed by atoms with Gasteiger partial charge in [0.1, 0.15) is 22.2 Å². The van der Waals surface area contributed by atoms with E-state index in [2.05, 4.69) is 45.5 Å². The molecule has 2 aliphatic rings. The minimum absolute atomic E-state index is 0.0316. The van der Waals surface area contributed by atoms with E-state index >= 15 is 0 Å². The molecule has 11 nitrogen and oxygen atoms in total. The summed E-state index contributed by atoms with van der Waals surface area (Å²) in [5.74, 6) is -2.92. The minimum atomic E-state index is -4.42. The zero-order valence-corrected chi connectivity index (χ0v) is 26.8. The van der Waals surface area contributed by atoms with Gasteiger partial charge in [0.05, 0.1) is 17.6 Å². The van der Waals surface area contributed by atoms with E-state index < -0.39 is 43.1 Å². The summed E-state index contributed by atoms with van der Waals surface area (Å²) in [6, 6.07) is 16.4. The average Bonchev–Trinajstić information content (AvgIpc) is 2.92. The first kappa shape index (κ1) is 31.5. The van der Waals surface area contributed by atoms with Crippen LogP contribution in [0, 0.1) is 18.3 Å². The maximum absolute atomic E-state index is 14.8. The molecule has 13 heteroatoms. The first-order valence-electron chi connectivity index (χ1n) is 14.1. The Hall–Kier alpha value is -3.94. The molecule has 3 aromatic rings. The largest absolute Gasteiger partial charge is 0.341 e. The molecule has 2 aromatic carbocycles. The van der Waals surface area contributed by atoms with Gasteiger partial charge in [-0.05, 0) is 61.1 Å². The second kappa shape index (κ2) is 11.2. The molecule has 44 heavy (non-hydrogen) atoms. The van der Waals surface area contributed by atoms with Crippen molar-refractivity contribution in [3.8, 4) is 0 Å². The molecule has 0 fully saturated rings. The number of carbonyl (C=O) groups is 2. The summed E-state index contributed by atoms with van der Waals surface area (Å²) >= 11 is 0. The van der Waals surface area contributed by atoms with E-state index in [0.717, 1.165) is 18.0 Å². The topological polar surface area (TPSA) is 164 Å². The Balaban J connectivity index is 1.62. The Kier molecular flexibility index (Phi) is 8.02. The number of Topliss-reactive ketones (excluding diaryl/α,β-unsaturated/α-hetero) is 2. The van der Waals surface area contributed by atoms with Gasteiger partial charge in [0, 0.05) is 23.5 Å². The van der Waals surface area contributed by atoms with Crippen molar-refractivity contribution >= 4 is 48.8 Å². The fraction of sp³-hybridized carbons (Fsp3) is 0.355. The lowest BCUT2D eigenvalue weighted by atomic mass is 9.66. The summed E-state index contributed by atoms with van der Waals surface area (Å²) in [7, 11) is -8.09. The predicted molar refractivity (Wildman–Crippen MR) is 169 cm³/mol. The van der Waals surface area contributed by atoms with Crippen molar-refractivity contribution in [3.63, 3.8) is 0 Å². The van der Waals surface area contributed by atoms with Gasteiger partial charge >= 0.3 is 0 Å². The Labute approximate surface area is 257 Å². The number of nitrogens with one attached hydrogen (secondary N) is 3. The molecule has 1 aliphatic carbocycles. The molecule has 0 saturated heterocycles. The van der Waals surface area contributed by atoms with Crippen molar-refractivity contribution in [2.24, 2.45) is 15.7 Å². The number of rotatable bonds is 8. The van der Waals surface area contributed by atoms with Crippen molar-refractivity contribution in [2.75, 3.05) is 16.3 Å². The molecule has 0 saturated carbocycles. The number of sulfonamides is 2. The zero-order chi connectivity index (χ0) is 32.1. The number of carbonyl (C=O) groups excluding carboxylic acids is 2. The van der Waals surface area contributed by atoms with Crippen LogP contribution in [0.15, 0.2) is 70.0 Å². The van der Waals surface area contributed by atoms with Crippen LogP contribution in [0.5, 0.6) is 0 Å². The lowest BCUT2D eigenvalue weighted by Crippen LogP contribution is -2.59. The molecule has 0 amide bonds. The molecule has 2 unspecified atom stereocenters. The molecule has 5 rings (SSSR count). The molecule has 1 aliphatic heterocycles. The van der Waals surface area contributed by atoms with Gasteiger partial charge < -0.3 is 5.32 Å². The monoisotopic (exact) mass is 637 g/mol. The van der Waals surface area contributed by atoms with Crippen LogP contribution in [0.3, 0.4) is 0 Å². The van der Waals surface area contributed by atoms with E-state index in [4.69, 9.17) is 0 Å². The molecule has 232 valence electrons. The van der Waals surface area contributed by atoms with E-state index in [1.165, 1.54) is 12.1 Å². The maximum atomic E-state index is 14.8. The number of nitrogens with zero attached hydrogens (tertiary/aromatic N) is 2. The van der Waals surface area contributed by atoms with Crippen molar-refractivity contribution in [1.29, 1.82) is 0 Å². The summed E-state index contributed by atoms with van der Waals surface area (Å²) in [4.78, 5) is 33.1. The standard InChI is InChI=1S/C31H35N5O6S2/c1-19-9-8-10-21(33-19)18-32-31(16-15-30(2,3)4)23-12-7-6-11-22(23)27(37)26(28(31)38)29-34-24-14-13-20(35-43(5,39)40)17-25(24)44(41,42)36-29/h6-14,17,26,32,35H,15-16,18H2,1-5H3,(H,34,36). The van der Waals surface area contributed by atoms with Gasteiger partial charge in [-0.2, -0.15) is 8.42 Å². The van der Waals surface area contributed by atoms with Crippen molar-refractivity contribution in [2.45, 2.75) is 57.5 Å². The molecular formula is C31H35N5O6S2. The van der Waals surface area contributed by atoms with Crippen LogP contribution in [0.4, 0.5) is 11.4 Å². The lowest BCUT2D eigenvalue weighted by molar-refractivity contribution is -0.128. The Morgan fingerprint density at radius 2 is 1.75 bits per heavy atom. The molecule has 1 aromatic heterocycles. The number of ketones is 2. The van der Waals surface area contributed by atoms with Crippen LogP contribution in [-0.2, 0) is 36.9 Å². The van der Waals surface area contributed by atoms with Gasteiger partial charge in [0.25, 0.3) is 10.0 Å². The third-order valence-electron chi connectivity index (χ3n) is 7.68. The van der Waals surface area contributed by atoms with Crippen molar-refractivity contribution in [3.05, 3.63) is 83.2 Å². The number of amidine groups is 1. The highest BCUT2D eigenvalue weighted by molar-refractivity contribution is 7.92. The second-order valence-electron chi connectivity index (χ2n) is 12.5. The van der Waals surface area contributed by atoms with Crippen LogP contribution < -0.4 is 15.4 Å². The fourth-order valence-electron chi connectivity index (χ4n) is 5.58. The van der Waals surface area contributed by atoms with Crippen molar-refractivity contribution < 1.29 is 26.4 Å². The highest BCUT2D eigenvalue weighted by Gasteiger charge is 2.54. The summed E-state index contributed by atoms with van der Waals surface area (Å²) in [6.07, 6.45) is 1.89. The number of benzene rings is 2. The van der Waals surface area contributed by atoms with E-state index in [1.807, 2.05) is 25.1 Å². The Morgan fingerprint density at radius 1 is 1.02 bits per heavy atom. The number of fused-ring (bicyclic) bond motifs is 2. The maximum Gasteiger partial charge on any atom is 0.286 e. The minimum Gasteiger partial charge on any atom is -0.341 e. The van der Waals surface area contributed by atoms with Crippen molar-refractivity contribution in [1.82, 2.24) is 10.3 Å². The highest BCUT2D eigenvalue weighted by atomic mass is 32.2. The van der Waals surface area contributed by atoms with Gasteiger partial charge in [-0.25, -0.2) is 8.42 Å². The summed E-state index contributed by atoms with van der Waals surface area (Å²) in [5.41, 5.74) is 0.942. The molecule has 0 bridgehead atoms. The Morgan fingerprint density at radius 3 is 2.43 bits per heavy atom. The molecule has 0 spiro atoms. The van der Waals surface area contributed by atoms with Gasteiger partial charge in [0.15, 0.2) is 11.6 Å². The fourth-order valence-corrected chi connectivity index (χ4v) is 7.32. The Bertz CT molecular complexity index is 1920. The van der Waals surface area contributed by atoms with E-state index in [9.17, 15) is 26.4 Å². The van der Waals surface area contributed by atoms with Gasteiger partial charge in [-0.3, -0.25) is 24.6 Å². The van der Waals surface area contributed by atoms with E-state index in [0.29, 0.717) is 29.7 Å². The zero-order valence-electron chi connectivity index (χ0n) is 25.1. The second-order valence-corrected chi connectivity index (χ2v) is 15.8. The summed E-state index contributed by atoms with van der Waals surface area (Å²) < 4.78 is 56.4. The number of aryl methyl sites for hydroxylation is 1. The molecular weight excluding hydrogens is 603 g/mol. The average molecular weight is 638 g/mol. The number of anilines is 2. The van der Waals surface area contributed by atoms with Gasteiger partial charge in [-0.1, -0.05) is 51.1 Å². The molecule has 3 N–H and O–H groups in total. The van der Waals surface area contributed by atoms with E-state index in [-0.39, 0.29) is 34.1 Å². The number of hydrogen-bond donors (Lipinski definition) is 3. The smallest absolute Gasteiger partial charge is 0.286 e. The molecule has 2 heterocycles. The first-order chi connectivity index (χ1) is 20.5.